The maximum Gasteiger partial charge on any atom is 0.230 e. The van der Waals surface area contributed by atoms with Crippen LogP contribution < -0.4 is 5.32 Å². The molecule has 1 heterocycles. The number of hydrogen-bond acceptors (Lipinski definition) is 3. The van der Waals surface area contributed by atoms with Crippen molar-refractivity contribution in [3.63, 3.8) is 0 Å². The monoisotopic (exact) mass is 366 g/mol. The minimum atomic E-state index is -0.0501. The highest BCUT2D eigenvalue weighted by Crippen LogP contribution is 2.32. The van der Waals surface area contributed by atoms with Crippen molar-refractivity contribution in [1.29, 1.82) is 0 Å². The van der Waals surface area contributed by atoms with Gasteiger partial charge >= 0.3 is 0 Å². The lowest BCUT2D eigenvalue weighted by molar-refractivity contribution is -0.127. The van der Waals surface area contributed by atoms with Crippen molar-refractivity contribution in [2.75, 3.05) is 24.6 Å². The van der Waals surface area contributed by atoms with Crippen LogP contribution in [0.25, 0.3) is 0 Å². The van der Waals surface area contributed by atoms with Crippen LogP contribution in [0, 0.1) is 5.92 Å². The molecule has 1 N–H and O–H groups in total. The first kappa shape index (κ1) is 17.6. The molecule has 1 aliphatic carbocycles. The number of hydrogen-bond donors (Lipinski definition) is 1. The van der Waals surface area contributed by atoms with Gasteiger partial charge in [0.1, 0.15) is 0 Å². The van der Waals surface area contributed by atoms with Crippen molar-refractivity contribution in [2.45, 2.75) is 31.7 Å². The van der Waals surface area contributed by atoms with Crippen LogP contribution in [0.5, 0.6) is 0 Å². The predicted octanol–water partition coefficient (Wildman–Crippen LogP) is 2.74. The highest BCUT2D eigenvalue weighted by molar-refractivity contribution is 7.99. The number of thioether (sulfide) groups is 1. The van der Waals surface area contributed by atoms with Crippen molar-refractivity contribution in [1.82, 2.24) is 10.2 Å². The Labute approximate surface area is 152 Å². The van der Waals surface area contributed by atoms with E-state index in [0.29, 0.717) is 30.3 Å². The van der Waals surface area contributed by atoms with Gasteiger partial charge in [0.05, 0.1) is 11.8 Å². The van der Waals surface area contributed by atoms with Crippen LogP contribution >= 0.6 is 23.4 Å². The zero-order valence-corrected chi connectivity index (χ0v) is 15.2. The van der Waals surface area contributed by atoms with E-state index in [4.69, 9.17) is 11.6 Å². The second kappa shape index (κ2) is 8.26. The Hall–Kier alpha value is -1.20. The van der Waals surface area contributed by atoms with Gasteiger partial charge in [-0.15, -0.1) is 0 Å². The van der Waals surface area contributed by atoms with E-state index in [-0.39, 0.29) is 17.9 Å². The third kappa shape index (κ3) is 5.42. The minimum absolute atomic E-state index is 0.0501. The van der Waals surface area contributed by atoms with E-state index in [1.165, 1.54) is 12.8 Å². The molecule has 0 radical (unpaired) electrons. The Morgan fingerprint density at radius 3 is 2.96 bits per heavy atom. The topological polar surface area (TPSA) is 49.4 Å². The Morgan fingerprint density at radius 2 is 2.21 bits per heavy atom. The molecule has 1 atom stereocenters. The summed E-state index contributed by atoms with van der Waals surface area (Å²) in [5.41, 5.74) is 1.12. The van der Waals surface area contributed by atoms with Crippen molar-refractivity contribution in [3.05, 3.63) is 34.9 Å². The van der Waals surface area contributed by atoms with Gasteiger partial charge in [0.25, 0.3) is 0 Å². The van der Waals surface area contributed by atoms with Gasteiger partial charge in [0.2, 0.25) is 11.8 Å². The molecular formula is C18H23ClN2O2S. The fraction of sp³-hybridized carbons (Fsp3) is 0.556. The Bertz CT molecular complexity index is 606. The number of amides is 2. The van der Waals surface area contributed by atoms with Crippen LogP contribution in [0.3, 0.4) is 0 Å². The highest BCUT2D eigenvalue weighted by Gasteiger charge is 2.30. The summed E-state index contributed by atoms with van der Waals surface area (Å²) in [6, 6.07) is 7.66. The molecule has 4 nitrogen and oxygen atoms in total. The molecule has 0 spiro atoms. The van der Waals surface area contributed by atoms with E-state index in [0.717, 1.165) is 23.7 Å². The molecule has 1 aliphatic heterocycles. The Kier molecular flexibility index (Phi) is 6.06. The average Bonchev–Trinajstić information content (AvgIpc) is 3.29. The Balaban J connectivity index is 1.38. The van der Waals surface area contributed by atoms with Crippen LogP contribution in [0.2, 0.25) is 5.02 Å². The second-order valence-corrected chi connectivity index (χ2v) is 8.11. The van der Waals surface area contributed by atoms with Crippen LogP contribution in [-0.4, -0.2) is 47.4 Å². The fourth-order valence-electron chi connectivity index (χ4n) is 2.91. The number of rotatable bonds is 8. The lowest BCUT2D eigenvalue weighted by Crippen LogP contribution is -2.38. The molecule has 1 saturated carbocycles. The lowest BCUT2D eigenvalue weighted by Gasteiger charge is -2.17. The number of halogens is 1. The predicted molar refractivity (Wildman–Crippen MR) is 98.3 cm³/mol. The van der Waals surface area contributed by atoms with Gasteiger partial charge in [-0.05, 0) is 48.6 Å². The number of nitrogens with zero attached hydrogens (tertiary/aromatic N) is 1. The number of benzene rings is 1. The summed E-state index contributed by atoms with van der Waals surface area (Å²) in [5, 5.41) is 3.71. The minimum Gasteiger partial charge on any atom is -0.350 e. The van der Waals surface area contributed by atoms with Gasteiger partial charge in [-0.2, -0.15) is 11.8 Å². The molecule has 24 heavy (non-hydrogen) atoms. The first-order valence-corrected chi connectivity index (χ1v) is 10.0. The smallest absolute Gasteiger partial charge is 0.230 e. The van der Waals surface area contributed by atoms with Gasteiger partial charge in [-0.1, -0.05) is 23.7 Å². The summed E-state index contributed by atoms with van der Waals surface area (Å²) in [6.45, 7) is 1.28. The quantitative estimate of drug-likeness (QED) is 0.769. The van der Waals surface area contributed by atoms with Gasteiger partial charge in [-0.25, -0.2) is 0 Å². The highest BCUT2D eigenvalue weighted by atomic mass is 35.5. The zero-order valence-electron chi connectivity index (χ0n) is 13.7. The molecule has 0 unspecified atom stereocenters. The molecule has 2 amide bonds. The van der Waals surface area contributed by atoms with Crippen LogP contribution in [0.4, 0.5) is 0 Å². The average molecular weight is 367 g/mol. The molecule has 2 aliphatic rings. The van der Waals surface area contributed by atoms with Crippen molar-refractivity contribution in [2.24, 2.45) is 5.92 Å². The normalized spacial score (nSPS) is 20.5. The first-order chi connectivity index (χ1) is 11.6. The molecule has 1 saturated heterocycles. The Morgan fingerprint density at radius 1 is 1.38 bits per heavy atom. The molecule has 130 valence electrons. The molecule has 0 aromatic heterocycles. The molecule has 3 rings (SSSR count). The van der Waals surface area contributed by atoms with Crippen molar-refractivity contribution in [3.8, 4) is 0 Å². The van der Waals surface area contributed by atoms with Gasteiger partial charge in [-0.3, -0.25) is 9.59 Å². The largest absolute Gasteiger partial charge is 0.350 e. The summed E-state index contributed by atoms with van der Waals surface area (Å²) in [4.78, 5) is 25.9. The van der Waals surface area contributed by atoms with E-state index >= 15 is 0 Å². The summed E-state index contributed by atoms with van der Waals surface area (Å²) in [7, 11) is 0. The second-order valence-electron chi connectivity index (χ2n) is 6.65. The number of nitrogens with one attached hydrogen (secondary N) is 1. The van der Waals surface area contributed by atoms with E-state index < -0.39 is 0 Å². The van der Waals surface area contributed by atoms with Gasteiger partial charge < -0.3 is 10.2 Å². The number of carbonyl (C=O) groups excluding carboxylic acids is 2. The summed E-state index contributed by atoms with van der Waals surface area (Å²) < 4.78 is 0. The van der Waals surface area contributed by atoms with E-state index in [1.807, 2.05) is 29.2 Å². The fourth-order valence-corrected chi connectivity index (χ4v) is 4.18. The molecule has 0 bridgehead atoms. The zero-order chi connectivity index (χ0) is 16.9. The van der Waals surface area contributed by atoms with Crippen LogP contribution in [-0.2, 0) is 16.0 Å². The van der Waals surface area contributed by atoms with Gasteiger partial charge in [0.15, 0.2) is 0 Å². The SMILES string of the molecule is O=C(CSCC1CC1)N[C@H]1CC(=O)N(CCc2cccc(Cl)c2)C1. The van der Waals surface area contributed by atoms with Gasteiger partial charge in [0, 0.05) is 24.5 Å². The van der Waals surface area contributed by atoms with Crippen molar-refractivity contribution >= 4 is 35.2 Å². The summed E-state index contributed by atoms with van der Waals surface area (Å²) in [5.74, 6) is 2.59. The summed E-state index contributed by atoms with van der Waals surface area (Å²) >= 11 is 7.69. The van der Waals surface area contributed by atoms with E-state index in [1.54, 1.807) is 11.8 Å². The molecule has 1 aromatic rings. The third-order valence-corrected chi connectivity index (χ3v) is 5.83. The third-order valence-electron chi connectivity index (χ3n) is 4.42. The molecular weight excluding hydrogens is 344 g/mol. The van der Waals surface area contributed by atoms with Crippen LogP contribution in [0.1, 0.15) is 24.8 Å². The first-order valence-electron chi connectivity index (χ1n) is 8.49. The maximum absolute atomic E-state index is 12.1. The maximum atomic E-state index is 12.1. The number of likely N-dealkylation sites (tertiary alicyclic amines) is 1. The van der Waals surface area contributed by atoms with Crippen LogP contribution in [0.15, 0.2) is 24.3 Å². The lowest BCUT2D eigenvalue weighted by atomic mass is 10.1. The standard InChI is InChI=1S/C18H23ClN2O2S/c19-15-3-1-2-13(8-15)6-7-21-10-16(9-18(21)23)20-17(22)12-24-11-14-4-5-14/h1-3,8,14,16H,4-7,9-12H2,(H,20,22)/t16-/m0/s1. The summed E-state index contributed by atoms with van der Waals surface area (Å²) in [6.07, 6.45) is 3.82. The van der Waals surface area contributed by atoms with Crippen molar-refractivity contribution < 1.29 is 9.59 Å². The number of carbonyl (C=O) groups is 2. The molecule has 6 heteroatoms. The molecule has 2 fully saturated rings. The molecule has 1 aromatic carbocycles. The van der Waals surface area contributed by atoms with E-state index in [2.05, 4.69) is 5.32 Å². The van der Waals surface area contributed by atoms with E-state index in [9.17, 15) is 9.59 Å².